The second-order valence-corrected chi connectivity index (χ2v) is 6.49. The average Bonchev–Trinajstić information content (AvgIpc) is 2.56. The first-order valence-corrected chi connectivity index (χ1v) is 8.26. The van der Waals surface area contributed by atoms with Gasteiger partial charge in [0.25, 0.3) is 0 Å². The van der Waals surface area contributed by atoms with Gasteiger partial charge in [-0.2, -0.15) is 0 Å². The fourth-order valence-electron chi connectivity index (χ4n) is 1.61. The van der Waals surface area contributed by atoms with Gasteiger partial charge in [-0.3, -0.25) is 0 Å². The van der Waals surface area contributed by atoms with Crippen molar-refractivity contribution in [2.24, 2.45) is 5.11 Å². The largest absolute Gasteiger partial charge is 0.462 e. The standard InChI is InChI=1S/C13H12F4N4O4S/c1-6(2)13(22)25-5-3-4-19-26(23,24)12-9(16)7(14)11(20-21-18)8(15)10(12)17/h19H,1,3-5H2,2H3. The Balaban J connectivity index is 2.98. The van der Waals surface area contributed by atoms with E-state index < -0.39 is 56.4 Å². The Morgan fingerprint density at radius 3 is 2.23 bits per heavy atom. The van der Waals surface area contributed by atoms with Gasteiger partial charge in [-0.05, 0) is 18.9 Å². The molecule has 26 heavy (non-hydrogen) atoms. The molecule has 0 saturated heterocycles. The van der Waals surface area contributed by atoms with Crippen molar-refractivity contribution in [2.75, 3.05) is 13.2 Å². The number of rotatable bonds is 8. The fraction of sp³-hybridized carbons (Fsp3) is 0.308. The first-order chi connectivity index (χ1) is 12.0. The van der Waals surface area contributed by atoms with Crippen molar-refractivity contribution in [3.05, 3.63) is 45.9 Å². The highest BCUT2D eigenvalue weighted by Crippen LogP contribution is 2.32. The third kappa shape index (κ3) is 4.71. The van der Waals surface area contributed by atoms with Crippen molar-refractivity contribution >= 4 is 21.7 Å². The summed E-state index contributed by atoms with van der Waals surface area (Å²) in [5.41, 5.74) is 6.61. The molecule has 0 aliphatic rings. The lowest BCUT2D eigenvalue weighted by Crippen LogP contribution is -2.28. The lowest BCUT2D eigenvalue weighted by molar-refractivity contribution is -0.138. The van der Waals surface area contributed by atoms with Crippen molar-refractivity contribution < 1.29 is 35.5 Å². The van der Waals surface area contributed by atoms with Crippen LogP contribution in [-0.4, -0.2) is 27.5 Å². The highest BCUT2D eigenvalue weighted by atomic mass is 32.2. The molecule has 0 aliphatic heterocycles. The van der Waals surface area contributed by atoms with Gasteiger partial charge in [0.1, 0.15) is 5.69 Å². The second kappa shape index (κ2) is 8.65. The lowest BCUT2D eigenvalue weighted by Gasteiger charge is -2.11. The number of nitrogens with one attached hydrogen (secondary N) is 1. The van der Waals surface area contributed by atoms with Gasteiger partial charge >= 0.3 is 5.97 Å². The summed E-state index contributed by atoms with van der Waals surface area (Å²) in [6.07, 6.45) is -0.0940. The number of esters is 1. The van der Waals surface area contributed by atoms with E-state index in [1.807, 2.05) is 4.91 Å². The number of nitrogens with zero attached hydrogens (tertiary/aromatic N) is 3. The number of benzene rings is 1. The molecule has 1 N–H and O–H groups in total. The molecule has 0 atom stereocenters. The smallest absolute Gasteiger partial charge is 0.333 e. The van der Waals surface area contributed by atoms with Crippen molar-refractivity contribution in [3.8, 4) is 0 Å². The van der Waals surface area contributed by atoms with Crippen molar-refractivity contribution in [1.82, 2.24) is 4.72 Å². The molecule has 0 spiro atoms. The Bertz CT molecular complexity index is 869. The first-order valence-electron chi connectivity index (χ1n) is 6.78. The quantitative estimate of drug-likeness (QED) is 0.106. The normalized spacial score (nSPS) is 11.0. The van der Waals surface area contributed by atoms with Gasteiger partial charge in [-0.1, -0.05) is 11.7 Å². The number of azide groups is 1. The lowest BCUT2D eigenvalue weighted by atomic mass is 10.2. The van der Waals surface area contributed by atoms with Gasteiger partial charge in [0.2, 0.25) is 10.0 Å². The van der Waals surface area contributed by atoms with Crippen LogP contribution in [0.1, 0.15) is 13.3 Å². The molecule has 0 aliphatic carbocycles. The molecule has 142 valence electrons. The number of carbonyl (C=O) groups is 1. The predicted octanol–water partition coefficient (Wildman–Crippen LogP) is 2.97. The molecule has 8 nitrogen and oxygen atoms in total. The second-order valence-electron chi connectivity index (χ2n) is 4.79. The van der Waals surface area contributed by atoms with Crippen LogP contribution in [0.5, 0.6) is 0 Å². The van der Waals surface area contributed by atoms with Gasteiger partial charge in [0.05, 0.1) is 6.61 Å². The maximum absolute atomic E-state index is 13.8. The number of carbonyl (C=O) groups excluding carboxylic acids is 1. The zero-order valence-electron chi connectivity index (χ0n) is 13.2. The first kappa shape index (κ1) is 21.4. The molecule has 0 fully saturated rings. The van der Waals surface area contributed by atoms with Crippen molar-refractivity contribution in [3.63, 3.8) is 0 Å². The highest BCUT2D eigenvalue weighted by Gasteiger charge is 2.32. The van der Waals surface area contributed by atoms with Gasteiger partial charge in [0, 0.05) is 17.0 Å². The Hall–Kier alpha value is -2.63. The average molecular weight is 396 g/mol. The number of sulfonamides is 1. The summed E-state index contributed by atoms with van der Waals surface area (Å²) < 4.78 is 85.1. The SMILES string of the molecule is C=C(C)C(=O)OCCCNS(=O)(=O)c1c(F)c(F)c(N=[N+]=[N-])c(F)c1F. The maximum atomic E-state index is 13.8. The van der Waals surface area contributed by atoms with Crippen LogP contribution >= 0.6 is 0 Å². The van der Waals surface area contributed by atoms with Crippen LogP contribution in [0.15, 0.2) is 22.2 Å². The summed E-state index contributed by atoms with van der Waals surface area (Å²) in [7, 11) is -4.99. The number of ether oxygens (including phenoxy) is 1. The zero-order valence-corrected chi connectivity index (χ0v) is 14.0. The monoisotopic (exact) mass is 396 g/mol. The van der Waals surface area contributed by atoms with Crippen LogP contribution in [0, 0.1) is 23.3 Å². The molecule has 0 radical (unpaired) electrons. The van der Waals surface area contributed by atoms with E-state index >= 15 is 0 Å². The van der Waals surface area contributed by atoms with Gasteiger partial charge in [-0.15, -0.1) is 0 Å². The highest BCUT2D eigenvalue weighted by molar-refractivity contribution is 7.89. The minimum absolute atomic E-state index is 0.0940. The van der Waals surface area contributed by atoms with E-state index in [2.05, 4.69) is 16.4 Å². The van der Waals surface area contributed by atoms with E-state index in [1.165, 1.54) is 6.92 Å². The van der Waals surface area contributed by atoms with Gasteiger partial charge in [-0.25, -0.2) is 35.5 Å². The van der Waals surface area contributed by atoms with Gasteiger partial charge in [0.15, 0.2) is 28.2 Å². The van der Waals surface area contributed by atoms with Crippen LogP contribution < -0.4 is 4.72 Å². The number of halogens is 4. The van der Waals surface area contributed by atoms with E-state index in [-0.39, 0.29) is 18.6 Å². The summed E-state index contributed by atoms with van der Waals surface area (Å²) >= 11 is 0. The Labute approximate surface area is 145 Å². The Morgan fingerprint density at radius 2 is 1.77 bits per heavy atom. The number of hydrogen-bond acceptors (Lipinski definition) is 5. The van der Waals surface area contributed by atoms with Crippen molar-refractivity contribution in [1.29, 1.82) is 0 Å². The minimum Gasteiger partial charge on any atom is -0.462 e. The summed E-state index contributed by atoms with van der Waals surface area (Å²) in [5.74, 6) is -9.52. The van der Waals surface area contributed by atoms with Gasteiger partial charge < -0.3 is 4.74 Å². The molecule has 0 saturated carbocycles. The molecule has 1 rings (SSSR count). The van der Waals surface area contributed by atoms with E-state index in [0.717, 1.165) is 0 Å². The fourth-order valence-corrected chi connectivity index (χ4v) is 2.82. The third-order valence-corrected chi connectivity index (χ3v) is 4.29. The molecule has 0 amide bonds. The summed E-state index contributed by atoms with van der Waals surface area (Å²) in [5, 5.41) is 2.45. The summed E-state index contributed by atoms with van der Waals surface area (Å²) in [6, 6.07) is 0. The molecule has 0 heterocycles. The molecular weight excluding hydrogens is 384 g/mol. The molecule has 0 bridgehead atoms. The Kier molecular flexibility index (Phi) is 7.12. The molecule has 0 unspecified atom stereocenters. The van der Waals surface area contributed by atoms with Crippen LogP contribution in [-0.2, 0) is 19.6 Å². The minimum atomic E-state index is -4.99. The van der Waals surface area contributed by atoms with Crippen LogP contribution in [0.3, 0.4) is 0 Å². The topological polar surface area (TPSA) is 121 Å². The van der Waals surface area contributed by atoms with E-state index in [0.29, 0.717) is 0 Å². The van der Waals surface area contributed by atoms with Crippen molar-refractivity contribution in [2.45, 2.75) is 18.2 Å². The summed E-state index contributed by atoms with van der Waals surface area (Å²) in [4.78, 5) is 11.2. The molecular formula is C13H12F4N4O4S. The molecule has 0 aromatic heterocycles. The van der Waals surface area contributed by atoms with Crippen LogP contribution in [0.25, 0.3) is 10.4 Å². The third-order valence-electron chi connectivity index (χ3n) is 2.81. The zero-order chi connectivity index (χ0) is 20.1. The number of hydrogen-bond donors (Lipinski definition) is 1. The van der Waals surface area contributed by atoms with E-state index in [4.69, 9.17) is 5.53 Å². The van der Waals surface area contributed by atoms with E-state index in [9.17, 15) is 30.8 Å². The maximum Gasteiger partial charge on any atom is 0.333 e. The summed E-state index contributed by atoms with van der Waals surface area (Å²) in [6.45, 7) is 4.02. The molecule has 1 aromatic carbocycles. The van der Waals surface area contributed by atoms with Crippen LogP contribution in [0.4, 0.5) is 23.2 Å². The molecule has 13 heteroatoms. The molecule has 1 aromatic rings. The van der Waals surface area contributed by atoms with Crippen LogP contribution in [0.2, 0.25) is 0 Å². The Morgan fingerprint density at radius 1 is 1.23 bits per heavy atom. The predicted molar refractivity (Wildman–Crippen MR) is 80.7 cm³/mol. The van der Waals surface area contributed by atoms with E-state index in [1.54, 1.807) is 4.72 Å².